The van der Waals surface area contributed by atoms with E-state index in [1.54, 1.807) is 0 Å². The number of anilines is 1. The highest BCUT2D eigenvalue weighted by Crippen LogP contribution is 2.33. The summed E-state index contributed by atoms with van der Waals surface area (Å²) in [6.45, 7) is 4.47. The van der Waals surface area contributed by atoms with Gasteiger partial charge in [-0.1, -0.05) is 57.7 Å². The van der Waals surface area contributed by atoms with Crippen molar-refractivity contribution in [3.63, 3.8) is 0 Å². The third-order valence-corrected chi connectivity index (χ3v) is 5.03. The van der Waals surface area contributed by atoms with Crippen molar-refractivity contribution >= 4 is 16.8 Å². The molecule has 1 heterocycles. The highest BCUT2D eigenvalue weighted by molar-refractivity contribution is 5.90. The number of nitrogen functional groups attached to an aromatic ring is 1. The van der Waals surface area contributed by atoms with Gasteiger partial charge in [0, 0.05) is 5.56 Å². The van der Waals surface area contributed by atoms with Gasteiger partial charge in [-0.3, -0.25) is 0 Å². The SMILES string of the molecule is CCCCCc1cc2oc(-c3ccccc3)nc2c(N)c1CCCCC. The van der Waals surface area contributed by atoms with E-state index >= 15 is 0 Å². The van der Waals surface area contributed by atoms with E-state index in [4.69, 9.17) is 15.1 Å². The van der Waals surface area contributed by atoms with Crippen molar-refractivity contribution in [2.75, 3.05) is 5.73 Å². The molecular weight excluding hydrogens is 320 g/mol. The molecule has 0 aliphatic carbocycles. The molecule has 0 aliphatic heterocycles. The molecule has 0 amide bonds. The number of oxazole rings is 1. The summed E-state index contributed by atoms with van der Waals surface area (Å²) in [5, 5.41) is 0. The first kappa shape index (κ1) is 18.5. The molecule has 0 radical (unpaired) electrons. The molecule has 2 aromatic carbocycles. The van der Waals surface area contributed by atoms with E-state index < -0.39 is 0 Å². The predicted molar refractivity (Wildman–Crippen MR) is 110 cm³/mol. The highest BCUT2D eigenvalue weighted by Gasteiger charge is 2.17. The molecule has 3 heteroatoms. The lowest BCUT2D eigenvalue weighted by Crippen LogP contribution is -2.02. The Bertz CT molecular complexity index is 836. The Morgan fingerprint density at radius 3 is 2.31 bits per heavy atom. The van der Waals surface area contributed by atoms with Crippen molar-refractivity contribution in [1.82, 2.24) is 4.98 Å². The summed E-state index contributed by atoms with van der Waals surface area (Å²) < 4.78 is 6.07. The van der Waals surface area contributed by atoms with E-state index in [1.165, 1.54) is 49.7 Å². The fourth-order valence-electron chi connectivity index (χ4n) is 3.52. The van der Waals surface area contributed by atoms with Gasteiger partial charge in [-0.15, -0.1) is 0 Å². The van der Waals surface area contributed by atoms with Crippen molar-refractivity contribution in [2.24, 2.45) is 0 Å². The average molecular weight is 351 g/mol. The van der Waals surface area contributed by atoms with Gasteiger partial charge < -0.3 is 10.2 Å². The van der Waals surface area contributed by atoms with Gasteiger partial charge in [0.15, 0.2) is 5.58 Å². The average Bonchev–Trinajstić information content (AvgIpc) is 3.09. The number of aryl methyl sites for hydroxylation is 1. The molecule has 138 valence electrons. The van der Waals surface area contributed by atoms with Gasteiger partial charge in [0.1, 0.15) is 5.52 Å². The Morgan fingerprint density at radius 2 is 1.62 bits per heavy atom. The van der Waals surface area contributed by atoms with E-state index in [0.717, 1.165) is 35.2 Å². The van der Waals surface area contributed by atoms with Crippen LogP contribution in [0.25, 0.3) is 22.6 Å². The number of nitrogens with zero attached hydrogens (tertiary/aromatic N) is 1. The highest BCUT2D eigenvalue weighted by atomic mass is 16.3. The number of nitrogens with two attached hydrogens (primary N) is 1. The van der Waals surface area contributed by atoms with Crippen molar-refractivity contribution in [3.05, 3.63) is 47.5 Å². The fraction of sp³-hybridized carbons (Fsp3) is 0.435. The van der Waals surface area contributed by atoms with Crippen molar-refractivity contribution in [2.45, 2.75) is 65.2 Å². The number of hydrogen-bond donors (Lipinski definition) is 1. The van der Waals surface area contributed by atoms with E-state index in [2.05, 4.69) is 19.9 Å². The molecule has 0 saturated carbocycles. The fourth-order valence-corrected chi connectivity index (χ4v) is 3.52. The molecule has 0 fully saturated rings. The normalized spacial score (nSPS) is 11.3. The lowest BCUT2D eigenvalue weighted by Gasteiger charge is -2.12. The number of hydrogen-bond acceptors (Lipinski definition) is 3. The van der Waals surface area contributed by atoms with E-state index in [9.17, 15) is 0 Å². The summed E-state index contributed by atoms with van der Waals surface area (Å²) in [6, 6.07) is 12.2. The second-order valence-corrected chi connectivity index (χ2v) is 7.07. The van der Waals surface area contributed by atoms with Crippen LogP contribution >= 0.6 is 0 Å². The van der Waals surface area contributed by atoms with Crippen LogP contribution < -0.4 is 5.73 Å². The number of unbranched alkanes of at least 4 members (excludes halogenated alkanes) is 4. The largest absolute Gasteiger partial charge is 0.436 e. The van der Waals surface area contributed by atoms with Crippen molar-refractivity contribution in [1.29, 1.82) is 0 Å². The van der Waals surface area contributed by atoms with Gasteiger partial charge in [0.05, 0.1) is 5.69 Å². The number of aromatic nitrogens is 1. The van der Waals surface area contributed by atoms with Gasteiger partial charge in [-0.2, -0.15) is 0 Å². The molecule has 0 saturated heterocycles. The van der Waals surface area contributed by atoms with Crippen LogP contribution in [0.3, 0.4) is 0 Å². The predicted octanol–water partition coefficient (Wildman–Crippen LogP) is 6.54. The minimum Gasteiger partial charge on any atom is -0.436 e. The Morgan fingerprint density at radius 1 is 0.923 bits per heavy atom. The van der Waals surface area contributed by atoms with Crippen LogP contribution in [-0.2, 0) is 12.8 Å². The van der Waals surface area contributed by atoms with Crippen LogP contribution in [-0.4, -0.2) is 4.98 Å². The van der Waals surface area contributed by atoms with Gasteiger partial charge in [-0.05, 0) is 55.0 Å². The third-order valence-electron chi connectivity index (χ3n) is 5.03. The van der Waals surface area contributed by atoms with Crippen molar-refractivity contribution in [3.8, 4) is 11.5 Å². The Hall–Kier alpha value is -2.29. The minimum absolute atomic E-state index is 0.650. The molecule has 3 rings (SSSR count). The summed E-state index contributed by atoms with van der Waals surface area (Å²) in [5.41, 5.74) is 12.6. The van der Waals surface area contributed by atoms with Crippen LogP contribution in [0.15, 0.2) is 40.8 Å². The monoisotopic (exact) mass is 350 g/mol. The molecule has 3 aromatic rings. The molecule has 2 N–H and O–H groups in total. The topological polar surface area (TPSA) is 52.0 Å². The Balaban J connectivity index is 2.00. The summed E-state index contributed by atoms with van der Waals surface area (Å²) in [6.07, 6.45) is 9.40. The van der Waals surface area contributed by atoms with Gasteiger partial charge >= 0.3 is 0 Å². The summed E-state index contributed by atoms with van der Waals surface area (Å²) in [7, 11) is 0. The van der Waals surface area contributed by atoms with E-state index in [-0.39, 0.29) is 0 Å². The molecule has 0 spiro atoms. The second-order valence-electron chi connectivity index (χ2n) is 7.07. The van der Waals surface area contributed by atoms with Gasteiger partial charge in [-0.25, -0.2) is 4.98 Å². The smallest absolute Gasteiger partial charge is 0.227 e. The molecule has 0 atom stereocenters. The quantitative estimate of drug-likeness (QED) is 0.352. The van der Waals surface area contributed by atoms with Crippen LogP contribution in [0.1, 0.15) is 63.5 Å². The van der Waals surface area contributed by atoms with Crippen molar-refractivity contribution < 1.29 is 4.42 Å². The summed E-state index contributed by atoms with van der Waals surface area (Å²) in [4.78, 5) is 4.72. The molecule has 0 unspecified atom stereocenters. The molecule has 3 nitrogen and oxygen atoms in total. The summed E-state index contributed by atoms with van der Waals surface area (Å²) in [5.74, 6) is 0.650. The number of rotatable bonds is 9. The maximum absolute atomic E-state index is 6.58. The molecule has 26 heavy (non-hydrogen) atoms. The zero-order chi connectivity index (χ0) is 18.4. The Kier molecular flexibility index (Phi) is 6.32. The number of benzene rings is 2. The maximum atomic E-state index is 6.58. The molecule has 1 aromatic heterocycles. The lowest BCUT2D eigenvalue weighted by atomic mass is 9.95. The number of fused-ring (bicyclic) bond motifs is 1. The lowest BCUT2D eigenvalue weighted by molar-refractivity contribution is 0.618. The summed E-state index contributed by atoms with van der Waals surface area (Å²) >= 11 is 0. The maximum Gasteiger partial charge on any atom is 0.227 e. The standard InChI is InChI=1S/C23H30N2O/c1-3-5-8-14-18-16-20-22(21(24)19(18)15-9-6-4-2)25-23(26-20)17-12-10-7-11-13-17/h7,10-13,16H,3-6,8-9,14-15,24H2,1-2H3. The Labute approximate surface area is 156 Å². The first-order chi connectivity index (χ1) is 12.7. The van der Waals surface area contributed by atoms with Crippen LogP contribution in [0.2, 0.25) is 0 Å². The molecule has 0 aliphatic rings. The minimum atomic E-state index is 0.650. The molecular formula is C23H30N2O. The van der Waals surface area contributed by atoms with Crippen LogP contribution in [0, 0.1) is 0 Å². The second kappa shape index (κ2) is 8.88. The molecule has 0 bridgehead atoms. The first-order valence-electron chi connectivity index (χ1n) is 10.0. The third kappa shape index (κ3) is 4.09. The van der Waals surface area contributed by atoms with E-state index in [1.807, 2.05) is 30.3 Å². The van der Waals surface area contributed by atoms with Gasteiger partial charge in [0.2, 0.25) is 5.89 Å². The van der Waals surface area contributed by atoms with Crippen LogP contribution in [0.5, 0.6) is 0 Å². The zero-order valence-corrected chi connectivity index (χ0v) is 16.1. The van der Waals surface area contributed by atoms with Crippen LogP contribution in [0.4, 0.5) is 5.69 Å². The first-order valence-corrected chi connectivity index (χ1v) is 10.0. The van der Waals surface area contributed by atoms with Gasteiger partial charge in [0.25, 0.3) is 0 Å². The van der Waals surface area contributed by atoms with E-state index in [0.29, 0.717) is 5.89 Å². The zero-order valence-electron chi connectivity index (χ0n) is 16.1.